The molecule has 1 saturated carbocycles. The van der Waals surface area contributed by atoms with E-state index < -0.39 is 10.0 Å². The van der Waals surface area contributed by atoms with Crippen molar-refractivity contribution in [2.45, 2.75) is 23.5 Å². The number of rotatable bonds is 7. The lowest BCUT2D eigenvalue weighted by atomic mass is 10.4. The van der Waals surface area contributed by atoms with Gasteiger partial charge in [-0.15, -0.1) is 17.8 Å². The zero-order chi connectivity index (χ0) is 13.9. The van der Waals surface area contributed by atoms with Crippen LogP contribution in [0, 0.1) is 18.3 Å². The van der Waals surface area contributed by atoms with Gasteiger partial charge in [0.15, 0.2) is 0 Å². The minimum atomic E-state index is -3.49. The first-order valence-corrected chi connectivity index (χ1v) is 8.46. The third-order valence-electron chi connectivity index (χ3n) is 3.02. The van der Waals surface area contributed by atoms with Crippen molar-refractivity contribution in [2.24, 2.45) is 5.92 Å². The molecule has 0 atom stereocenters. The van der Waals surface area contributed by atoms with Crippen molar-refractivity contribution < 1.29 is 13.5 Å². The smallest absolute Gasteiger partial charge is 0.253 e. The van der Waals surface area contributed by atoms with Crippen LogP contribution >= 0.6 is 11.3 Å². The van der Waals surface area contributed by atoms with Crippen LogP contribution < -0.4 is 0 Å². The van der Waals surface area contributed by atoms with E-state index in [-0.39, 0.29) is 13.2 Å². The predicted octanol–water partition coefficient (Wildman–Crippen LogP) is 1.32. The molecule has 19 heavy (non-hydrogen) atoms. The van der Waals surface area contributed by atoms with E-state index in [9.17, 15) is 8.42 Å². The minimum absolute atomic E-state index is 0.0240. The highest BCUT2D eigenvalue weighted by molar-refractivity contribution is 7.91. The molecule has 2 rings (SSSR count). The standard InChI is InChI=1S/C13H17NO3S2/c1-2-8-14(10-11-3-4-11)19(16,17)13-6-5-12(18-13)7-9-15/h1,5-6,11,15H,3-4,7-10H2. The number of hydrogen-bond acceptors (Lipinski definition) is 4. The first kappa shape index (κ1) is 14.5. The van der Waals surface area contributed by atoms with Crippen molar-refractivity contribution in [1.29, 1.82) is 0 Å². The zero-order valence-electron chi connectivity index (χ0n) is 10.6. The molecule has 0 spiro atoms. The number of thiophene rings is 1. The first-order valence-electron chi connectivity index (χ1n) is 6.21. The molecule has 0 aromatic carbocycles. The van der Waals surface area contributed by atoms with Gasteiger partial charge in [0, 0.05) is 24.4 Å². The number of aliphatic hydroxyl groups is 1. The highest BCUT2D eigenvalue weighted by atomic mass is 32.2. The molecule has 1 heterocycles. The average molecular weight is 299 g/mol. The van der Waals surface area contributed by atoms with Gasteiger partial charge in [0.2, 0.25) is 0 Å². The van der Waals surface area contributed by atoms with Crippen molar-refractivity contribution in [3.63, 3.8) is 0 Å². The van der Waals surface area contributed by atoms with Crippen LogP contribution in [-0.4, -0.2) is 37.5 Å². The van der Waals surface area contributed by atoms with Gasteiger partial charge in [-0.1, -0.05) is 5.92 Å². The van der Waals surface area contributed by atoms with Crippen molar-refractivity contribution in [2.75, 3.05) is 19.7 Å². The topological polar surface area (TPSA) is 57.6 Å². The molecule has 6 heteroatoms. The van der Waals surface area contributed by atoms with Crippen LogP contribution in [0.3, 0.4) is 0 Å². The molecule has 1 aliphatic rings. The summed E-state index contributed by atoms with van der Waals surface area (Å²) in [4.78, 5) is 0.869. The Morgan fingerprint density at radius 1 is 1.47 bits per heavy atom. The Bertz CT molecular complexity index is 567. The van der Waals surface area contributed by atoms with E-state index in [0.717, 1.165) is 17.7 Å². The van der Waals surface area contributed by atoms with Gasteiger partial charge in [-0.2, -0.15) is 4.31 Å². The minimum Gasteiger partial charge on any atom is -0.396 e. The second kappa shape index (κ2) is 6.06. The van der Waals surface area contributed by atoms with Crippen LogP contribution in [0.15, 0.2) is 16.3 Å². The molecule has 0 bridgehead atoms. The maximum Gasteiger partial charge on any atom is 0.253 e. The molecule has 104 valence electrons. The van der Waals surface area contributed by atoms with Crippen LogP contribution in [0.1, 0.15) is 17.7 Å². The number of sulfonamides is 1. The van der Waals surface area contributed by atoms with Crippen LogP contribution in [0.25, 0.3) is 0 Å². The van der Waals surface area contributed by atoms with Crippen LogP contribution in [-0.2, 0) is 16.4 Å². The number of terminal acetylenes is 1. The van der Waals surface area contributed by atoms with Crippen LogP contribution in [0.4, 0.5) is 0 Å². The fourth-order valence-electron chi connectivity index (χ4n) is 1.81. The molecule has 1 fully saturated rings. The van der Waals surface area contributed by atoms with E-state index in [2.05, 4.69) is 5.92 Å². The highest BCUT2D eigenvalue weighted by Gasteiger charge is 2.32. The van der Waals surface area contributed by atoms with Gasteiger partial charge in [0.05, 0.1) is 6.54 Å². The molecule has 0 aliphatic heterocycles. The summed E-state index contributed by atoms with van der Waals surface area (Å²) in [6, 6.07) is 3.35. The highest BCUT2D eigenvalue weighted by Crippen LogP contribution is 2.32. The van der Waals surface area contributed by atoms with E-state index in [0.29, 0.717) is 23.1 Å². The van der Waals surface area contributed by atoms with Crippen LogP contribution in [0.5, 0.6) is 0 Å². The zero-order valence-corrected chi connectivity index (χ0v) is 12.2. The van der Waals surface area contributed by atoms with Gasteiger partial charge < -0.3 is 5.11 Å². The third kappa shape index (κ3) is 3.57. The van der Waals surface area contributed by atoms with Gasteiger partial charge >= 0.3 is 0 Å². The Kier molecular flexibility index (Phi) is 4.63. The Hall–Kier alpha value is -0.870. The molecule has 0 unspecified atom stereocenters. The van der Waals surface area contributed by atoms with E-state index in [1.807, 2.05) is 0 Å². The lowest BCUT2D eigenvalue weighted by molar-refractivity contribution is 0.300. The maximum absolute atomic E-state index is 12.5. The van der Waals surface area contributed by atoms with E-state index >= 15 is 0 Å². The normalized spacial score (nSPS) is 15.6. The quantitative estimate of drug-likeness (QED) is 0.773. The fraction of sp³-hybridized carbons (Fsp3) is 0.538. The second-order valence-corrected chi connectivity index (χ2v) is 7.97. The number of hydrogen-bond donors (Lipinski definition) is 1. The number of nitrogens with zero attached hydrogens (tertiary/aromatic N) is 1. The molecule has 0 saturated heterocycles. The lowest BCUT2D eigenvalue weighted by Gasteiger charge is -2.18. The summed E-state index contributed by atoms with van der Waals surface area (Å²) >= 11 is 1.21. The van der Waals surface area contributed by atoms with E-state index in [1.165, 1.54) is 15.6 Å². The first-order chi connectivity index (χ1) is 9.07. The molecule has 1 aliphatic carbocycles. The van der Waals surface area contributed by atoms with Gasteiger partial charge in [-0.3, -0.25) is 0 Å². The Morgan fingerprint density at radius 2 is 2.21 bits per heavy atom. The maximum atomic E-state index is 12.5. The Morgan fingerprint density at radius 3 is 2.79 bits per heavy atom. The summed E-state index contributed by atoms with van der Waals surface area (Å²) in [5.74, 6) is 2.88. The molecule has 0 amide bonds. The van der Waals surface area contributed by atoms with Crippen molar-refractivity contribution in [3.8, 4) is 12.3 Å². The molecular weight excluding hydrogens is 282 g/mol. The molecular formula is C13H17NO3S2. The summed E-state index contributed by atoms with van der Waals surface area (Å²) in [7, 11) is -3.49. The van der Waals surface area contributed by atoms with Gasteiger partial charge in [0.1, 0.15) is 4.21 Å². The van der Waals surface area contributed by atoms with Crippen molar-refractivity contribution >= 4 is 21.4 Å². The fourth-order valence-corrected chi connectivity index (χ4v) is 4.74. The number of aliphatic hydroxyl groups excluding tert-OH is 1. The average Bonchev–Trinajstić information content (AvgIpc) is 3.05. The summed E-state index contributed by atoms with van der Waals surface area (Å²) < 4.78 is 26.7. The van der Waals surface area contributed by atoms with E-state index in [4.69, 9.17) is 11.5 Å². The lowest BCUT2D eigenvalue weighted by Crippen LogP contribution is -2.32. The Labute approximate surface area is 118 Å². The molecule has 1 aromatic rings. The second-order valence-electron chi connectivity index (χ2n) is 4.64. The van der Waals surface area contributed by atoms with Crippen LogP contribution in [0.2, 0.25) is 0 Å². The Balaban J connectivity index is 2.19. The summed E-state index contributed by atoms with van der Waals surface area (Å²) in [6.07, 6.45) is 7.91. The SMILES string of the molecule is C#CCN(CC1CC1)S(=O)(=O)c1ccc(CCO)s1. The molecule has 1 N–H and O–H groups in total. The van der Waals surface area contributed by atoms with Crippen molar-refractivity contribution in [3.05, 3.63) is 17.0 Å². The molecule has 0 radical (unpaired) electrons. The molecule has 4 nitrogen and oxygen atoms in total. The third-order valence-corrected chi connectivity index (χ3v) is 6.44. The van der Waals surface area contributed by atoms with Gasteiger partial charge in [-0.25, -0.2) is 8.42 Å². The van der Waals surface area contributed by atoms with Crippen molar-refractivity contribution in [1.82, 2.24) is 4.31 Å². The molecule has 1 aromatic heterocycles. The van der Waals surface area contributed by atoms with E-state index in [1.54, 1.807) is 12.1 Å². The predicted molar refractivity (Wildman–Crippen MR) is 75.4 cm³/mol. The summed E-state index contributed by atoms with van der Waals surface area (Å²) in [5, 5.41) is 8.87. The summed E-state index contributed by atoms with van der Waals surface area (Å²) in [5.41, 5.74) is 0. The summed E-state index contributed by atoms with van der Waals surface area (Å²) in [6.45, 7) is 0.655. The van der Waals surface area contributed by atoms with Gasteiger partial charge in [-0.05, 0) is 30.9 Å². The van der Waals surface area contributed by atoms with Gasteiger partial charge in [0.25, 0.3) is 10.0 Å². The largest absolute Gasteiger partial charge is 0.396 e. The monoisotopic (exact) mass is 299 g/mol.